The molecule has 21 heavy (non-hydrogen) atoms. The molecule has 0 radical (unpaired) electrons. The van der Waals surface area contributed by atoms with Gasteiger partial charge in [-0.05, 0) is 24.3 Å². The molecule has 1 aromatic carbocycles. The molecule has 0 saturated heterocycles. The van der Waals surface area contributed by atoms with E-state index < -0.39 is 11.9 Å². The Balaban J connectivity index is 2.39. The summed E-state index contributed by atoms with van der Waals surface area (Å²) >= 11 is 17.4. The number of halogens is 3. The second-order valence-electron chi connectivity index (χ2n) is 3.94. The Bertz CT molecular complexity index is 735. The molecule has 0 aliphatic heterocycles. The van der Waals surface area contributed by atoms with E-state index in [0.717, 1.165) is 0 Å². The van der Waals surface area contributed by atoms with E-state index in [4.69, 9.17) is 39.9 Å². The van der Waals surface area contributed by atoms with Gasteiger partial charge in [-0.2, -0.15) is 0 Å². The van der Waals surface area contributed by atoms with Crippen molar-refractivity contribution < 1.29 is 14.7 Å². The fourth-order valence-electron chi connectivity index (χ4n) is 1.60. The molecular formula is C13H7Cl3N2O3. The third-order valence-electron chi connectivity index (χ3n) is 2.51. The number of nitrogens with zero attached hydrogens (tertiary/aromatic N) is 1. The molecule has 2 N–H and O–H groups in total. The summed E-state index contributed by atoms with van der Waals surface area (Å²) in [6.07, 6.45) is 1.36. The van der Waals surface area contributed by atoms with Crippen LogP contribution in [0.5, 0.6) is 0 Å². The zero-order valence-corrected chi connectivity index (χ0v) is 12.5. The number of carbonyl (C=O) groups is 2. The van der Waals surface area contributed by atoms with Crippen LogP contribution in [0.4, 0.5) is 5.69 Å². The number of hydrogen-bond acceptors (Lipinski definition) is 3. The fourth-order valence-corrected chi connectivity index (χ4v) is 2.31. The molecule has 1 amide bonds. The molecule has 0 spiro atoms. The largest absolute Gasteiger partial charge is 0.478 e. The van der Waals surface area contributed by atoms with Gasteiger partial charge < -0.3 is 10.4 Å². The fraction of sp³-hybridized carbons (Fsp3) is 0. The van der Waals surface area contributed by atoms with Gasteiger partial charge in [-0.1, -0.05) is 34.8 Å². The molecule has 0 atom stereocenters. The number of carboxylic acids is 1. The van der Waals surface area contributed by atoms with Crippen LogP contribution < -0.4 is 5.32 Å². The Kier molecular flexibility index (Phi) is 4.67. The van der Waals surface area contributed by atoms with Gasteiger partial charge in [0.1, 0.15) is 5.15 Å². The number of hydrogen-bond donors (Lipinski definition) is 2. The average molecular weight is 346 g/mol. The molecule has 0 aliphatic carbocycles. The number of rotatable bonds is 3. The number of carbonyl (C=O) groups excluding carboxylic acids is 1. The minimum Gasteiger partial charge on any atom is -0.478 e. The molecular weight excluding hydrogens is 339 g/mol. The summed E-state index contributed by atoms with van der Waals surface area (Å²) in [4.78, 5) is 27.0. The first-order valence-corrected chi connectivity index (χ1v) is 6.67. The zero-order chi connectivity index (χ0) is 15.6. The maximum Gasteiger partial charge on any atom is 0.337 e. The highest BCUT2D eigenvalue weighted by Gasteiger charge is 2.18. The Hall–Kier alpha value is -1.82. The van der Waals surface area contributed by atoms with Crippen LogP contribution >= 0.6 is 34.8 Å². The average Bonchev–Trinajstić information content (AvgIpc) is 2.41. The SMILES string of the molecule is O=C(Nc1c(Cl)cc(Cl)cc1C(=O)O)c1ccnc(Cl)c1. The minimum atomic E-state index is -1.26. The van der Waals surface area contributed by atoms with E-state index in [-0.39, 0.29) is 32.0 Å². The summed E-state index contributed by atoms with van der Waals surface area (Å²) in [5, 5.41) is 11.9. The molecule has 2 aromatic rings. The van der Waals surface area contributed by atoms with Gasteiger partial charge in [0.15, 0.2) is 0 Å². The molecule has 108 valence electrons. The van der Waals surface area contributed by atoms with Gasteiger partial charge in [0.2, 0.25) is 0 Å². The summed E-state index contributed by atoms with van der Waals surface area (Å²) in [6.45, 7) is 0. The lowest BCUT2D eigenvalue weighted by atomic mass is 10.1. The van der Waals surface area contributed by atoms with Gasteiger partial charge in [-0.25, -0.2) is 9.78 Å². The van der Waals surface area contributed by atoms with Crippen LogP contribution in [-0.2, 0) is 0 Å². The lowest BCUT2D eigenvalue weighted by molar-refractivity contribution is 0.0698. The first-order valence-electron chi connectivity index (χ1n) is 5.53. The van der Waals surface area contributed by atoms with Gasteiger partial charge in [-0.15, -0.1) is 0 Å². The van der Waals surface area contributed by atoms with Gasteiger partial charge in [-0.3, -0.25) is 4.79 Å². The van der Waals surface area contributed by atoms with Crippen molar-refractivity contribution in [1.82, 2.24) is 4.98 Å². The molecule has 1 heterocycles. The molecule has 0 unspecified atom stereocenters. The highest BCUT2D eigenvalue weighted by atomic mass is 35.5. The molecule has 0 saturated carbocycles. The van der Waals surface area contributed by atoms with E-state index in [2.05, 4.69) is 10.3 Å². The molecule has 8 heteroatoms. The Morgan fingerprint density at radius 3 is 2.48 bits per heavy atom. The summed E-state index contributed by atoms with van der Waals surface area (Å²) in [6, 6.07) is 5.32. The van der Waals surface area contributed by atoms with Gasteiger partial charge in [0, 0.05) is 16.8 Å². The van der Waals surface area contributed by atoms with Crippen LogP contribution in [0.2, 0.25) is 15.2 Å². The molecule has 5 nitrogen and oxygen atoms in total. The Morgan fingerprint density at radius 2 is 1.86 bits per heavy atom. The smallest absolute Gasteiger partial charge is 0.337 e. The number of nitrogens with one attached hydrogen (secondary N) is 1. The molecule has 1 aromatic heterocycles. The molecule has 0 bridgehead atoms. The quantitative estimate of drug-likeness (QED) is 0.824. The van der Waals surface area contributed by atoms with Crippen molar-refractivity contribution in [3.05, 3.63) is 56.8 Å². The van der Waals surface area contributed by atoms with Crippen LogP contribution in [0.3, 0.4) is 0 Å². The molecule has 0 aliphatic rings. The number of aromatic carboxylic acids is 1. The lowest BCUT2D eigenvalue weighted by Crippen LogP contribution is -2.15. The van der Waals surface area contributed by atoms with Crippen LogP contribution in [0.15, 0.2) is 30.5 Å². The van der Waals surface area contributed by atoms with Crippen LogP contribution in [0, 0.1) is 0 Å². The van der Waals surface area contributed by atoms with Gasteiger partial charge in [0.05, 0.1) is 16.3 Å². The number of anilines is 1. The van der Waals surface area contributed by atoms with Crippen molar-refractivity contribution in [2.24, 2.45) is 0 Å². The monoisotopic (exact) mass is 344 g/mol. The van der Waals surface area contributed by atoms with Crippen molar-refractivity contribution in [3.8, 4) is 0 Å². The van der Waals surface area contributed by atoms with Crippen LogP contribution in [0.1, 0.15) is 20.7 Å². The predicted octanol–water partition coefficient (Wildman–Crippen LogP) is 3.99. The Morgan fingerprint density at radius 1 is 1.14 bits per heavy atom. The molecule has 2 rings (SSSR count). The van der Waals surface area contributed by atoms with Crippen molar-refractivity contribution >= 4 is 52.4 Å². The first-order chi connectivity index (χ1) is 9.88. The van der Waals surface area contributed by atoms with Crippen LogP contribution in [0.25, 0.3) is 0 Å². The van der Waals surface area contributed by atoms with E-state index >= 15 is 0 Å². The van der Waals surface area contributed by atoms with E-state index in [1.165, 1.54) is 30.5 Å². The minimum absolute atomic E-state index is 0.0217. The highest BCUT2D eigenvalue weighted by Crippen LogP contribution is 2.30. The van der Waals surface area contributed by atoms with Crippen LogP contribution in [-0.4, -0.2) is 22.0 Å². The third kappa shape index (κ3) is 3.64. The standard InChI is InChI=1S/C13H7Cl3N2O3/c14-7-4-8(13(20)21)11(9(15)5-7)18-12(19)6-1-2-17-10(16)3-6/h1-5H,(H,18,19)(H,20,21). The number of carboxylic acid groups (broad SMARTS) is 1. The first kappa shape index (κ1) is 15.6. The van der Waals surface area contributed by atoms with Gasteiger partial charge >= 0.3 is 5.97 Å². The number of amides is 1. The summed E-state index contributed by atoms with van der Waals surface area (Å²) in [5.74, 6) is -1.83. The summed E-state index contributed by atoms with van der Waals surface area (Å²) in [5.41, 5.74) is -0.0233. The highest BCUT2D eigenvalue weighted by molar-refractivity contribution is 6.38. The lowest BCUT2D eigenvalue weighted by Gasteiger charge is -2.11. The van der Waals surface area contributed by atoms with Gasteiger partial charge in [0.25, 0.3) is 5.91 Å². The van der Waals surface area contributed by atoms with E-state index in [9.17, 15) is 9.59 Å². The van der Waals surface area contributed by atoms with E-state index in [1.54, 1.807) is 0 Å². The predicted molar refractivity (Wildman–Crippen MR) is 80.6 cm³/mol. The number of benzene rings is 1. The van der Waals surface area contributed by atoms with E-state index in [1.807, 2.05) is 0 Å². The Labute approximate surface area is 134 Å². The summed E-state index contributed by atoms with van der Waals surface area (Å²) in [7, 11) is 0. The topological polar surface area (TPSA) is 79.3 Å². The second-order valence-corrected chi connectivity index (χ2v) is 5.17. The van der Waals surface area contributed by atoms with Crippen molar-refractivity contribution in [2.75, 3.05) is 5.32 Å². The zero-order valence-electron chi connectivity index (χ0n) is 10.2. The van der Waals surface area contributed by atoms with E-state index in [0.29, 0.717) is 0 Å². The third-order valence-corrected chi connectivity index (χ3v) is 3.24. The number of pyridine rings is 1. The van der Waals surface area contributed by atoms with Crippen molar-refractivity contribution in [1.29, 1.82) is 0 Å². The summed E-state index contributed by atoms with van der Waals surface area (Å²) < 4.78 is 0. The van der Waals surface area contributed by atoms with Crippen molar-refractivity contribution in [2.45, 2.75) is 0 Å². The number of aromatic nitrogens is 1. The van der Waals surface area contributed by atoms with Crippen molar-refractivity contribution in [3.63, 3.8) is 0 Å². The second kappa shape index (κ2) is 6.30. The maximum absolute atomic E-state index is 12.1. The normalized spacial score (nSPS) is 10.2. The molecule has 0 fully saturated rings. The maximum atomic E-state index is 12.1.